The fourth-order valence-corrected chi connectivity index (χ4v) is 3.52. The van der Waals surface area contributed by atoms with Crippen molar-refractivity contribution < 1.29 is 8.42 Å². The van der Waals surface area contributed by atoms with Crippen molar-refractivity contribution in [2.75, 3.05) is 13.3 Å². The van der Waals surface area contributed by atoms with E-state index in [1.54, 1.807) is 26.1 Å². The zero-order chi connectivity index (χ0) is 16.9. The molecule has 120 valence electrons. The first-order valence-electron chi connectivity index (χ1n) is 6.10. The summed E-state index contributed by atoms with van der Waals surface area (Å²) in [4.78, 5) is 0.406. The maximum atomic E-state index is 11.7. The van der Waals surface area contributed by atoms with Crippen LogP contribution in [0.4, 0.5) is 0 Å². The molecule has 3 N–H and O–H groups in total. The number of guanidine groups is 1. The van der Waals surface area contributed by atoms with Crippen LogP contribution in [0.3, 0.4) is 0 Å². The Balaban J connectivity index is 3.15. The number of nitrogens with one attached hydrogen (secondary N) is 3. The average molecular weight is 362 g/mol. The molecule has 0 aromatic heterocycles. The molecular weight excluding hydrogens is 346 g/mol. The van der Waals surface area contributed by atoms with E-state index in [2.05, 4.69) is 21.0 Å². The van der Waals surface area contributed by atoms with Crippen molar-refractivity contribution in [3.63, 3.8) is 0 Å². The summed E-state index contributed by atoms with van der Waals surface area (Å²) in [6.45, 7) is 1.71. The van der Waals surface area contributed by atoms with E-state index >= 15 is 0 Å². The highest BCUT2D eigenvalue weighted by molar-refractivity contribution is 7.94. The van der Waals surface area contributed by atoms with E-state index in [4.69, 9.17) is 29.3 Å². The van der Waals surface area contributed by atoms with Gasteiger partial charge >= 0.3 is 0 Å². The van der Waals surface area contributed by atoms with Crippen molar-refractivity contribution >= 4 is 44.6 Å². The minimum atomic E-state index is -3.44. The average Bonchev–Trinajstić information content (AvgIpc) is 2.58. The number of rotatable bonds is 3. The first kappa shape index (κ1) is 18.5. The van der Waals surface area contributed by atoms with E-state index in [1.807, 2.05) is 0 Å². The third-order valence-corrected chi connectivity index (χ3v) is 5.00. The molecule has 0 heterocycles. The van der Waals surface area contributed by atoms with Gasteiger partial charge in [-0.25, -0.2) is 8.42 Å². The molecule has 1 atom stereocenters. The molecule has 0 amide bonds. The molecular formula is C12H16ClN5O2S2. The Labute approximate surface area is 139 Å². The van der Waals surface area contributed by atoms with Gasteiger partial charge < -0.3 is 10.6 Å². The van der Waals surface area contributed by atoms with Gasteiger partial charge in [0, 0.05) is 13.3 Å². The van der Waals surface area contributed by atoms with Crippen molar-refractivity contribution in [2.24, 2.45) is 16.2 Å². The van der Waals surface area contributed by atoms with Gasteiger partial charge in [0.05, 0.1) is 20.8 Å². The fourth-order valence-electron chi connectivity index (χ4n) is 1.75. The number of allylic oxidation sites excluding steroid dienone is 3. The number of hydrogen-bond donors (Lipinski definition) is 3. The summed E-state index contributed by atoms with van der Waals surface area (Å²) >= 11 is 11.5. The van der Waals surface area contributed by atoms with Gasteiger partial charge in [0.1, 0.15) is 0 Å². The highest BCUT2D eigenvalue weighted by atomic mass is 35.5. The lowest BCUT2D eigenvalue weighted by Gasteiger charge is -2.18. The van der Waals surface area contributed by atoms with Crippen molar-refractivity contribution in [1.29, 1.82) is 5.53 Å². The minimum Gasteiger partial charge on any atom is -0.358 e. The van der Waals surface area contributed by atoms with E-state index in [-0.39, 0.29) is 15.9 Å². The number of thiocarbonyl (C=S) groups is 1. The summed E-state index contributed by atoms with van der Waals surface area (Å²) in [5, 5.41) is 12.1. The van der Waals surface area contributed by atoms with E-state index in [9.17, 15) is 8.42 Å². The van der Waals surface area contributed by atoms with Gasteiger partial charge in [0.2, 0.25) is 5.96 Å². The summed E-state index contributed by atoms with van der Waals surface area (Å²) < 4.78 is 23.5. The molecule has 10 heteroatoms. The van der Waals surface area contributed by atoms with E-state index in [0.717, 1.165) is 6.26 Å². The van der Waals surface area contributed by atoms with Crippen LogP contribution in [-0.4, -0.2) is 32.7 Å². The van der Waals surface area contributed by atoms with Crippen LogP contribution in [0.5, 0.6) is 0 Å². The molecule has 0 aromatic carbocycles. The maximum Gasteiger partial charge on any atom is 0.222 e. The predicted octanol–water partition coefficient (Wildman–Crippen LogP) is 2.05. The Morgan fingerprint density at radius 2 is 2.14 bits per heavy atom. The van der Waals surface area contributed by atoms with Crippen LogP contribution in [0, 0.1) is 11.4 Å². The van der Waals surface area contributed by atoms with Gasteiger partial charge in [0.15, 0.2) is 9.84 Å². The SMILES string of the molecule is CN/C(=N\N=N)NC(=S)C1C=CC=C(S(C)(=O)=O)C(Cl)=C1C. The molecule has 1 rings (SSSR count). The largest absolute Gasteiger partial charge is 0.358 e. The Hall–Kier alpha value is -1.58. The second-order valence-corrected chi connectivity index (χ2v) is 7.25. The molecule has 0 bridgehead atoms. The van der Waals surface area contributed by atoms with E-state index in [0.29, 0.717) is 10.6 Å². The molecule has 7 nitrogen and oxygen atoms in total. The van der Waals surface area contributed by atoms with Crippen molar-refractivity contribution in [2.45, 2.75) is 6.92 Å². The van der Waals surface area contributed by atoms with Gasteiger partial charge in [-0.1, -0.05) is 41.1 Å². The Kier molecular flexibility index (Phi) is 6.39. The smallest absolute Gasteiger partial charge is 0.222 e. The molecule has 0 aromatic rings. The van der Waals surface area contributed by atoms with Gasteiger partial charge in [-0.05, 0) is 23.8 Å². The summed E-state index contributed by atoms with van der Waals surface area (Å²) in [5.74, 6) is -0.194. The summed E-state index contributed by atoms with van der Waals surface area (Å²) in [6, 6.07) is 0. The van der Waals surface area contributed by atoms with Crippen molar-refractivity contribution in [3.8, 4) is 0 Å². The molecule has 0 spiro atoms. The Morgan fingerprint density at radius 3 is 2.64 bits per heavy atom. The first-order chi connectivity index (χ1) is 10.2. The van der Waals surface area contributed by atoms with Gasteiger partial charge in [-0.3, -0.25) is 0 Å². The predicted molar refractivity (Wildman–Crippen MR) is 91.5 cm³/mol. The van der Waals surface area contributed by atoms with Crippen LogP contribution in [0.2, 0.25) is 0 Å². The zero-order valence-corrected chi connectivity index (χ0v) is 14.6. The molecule has 0 saturated heterocycles. The van der Waals surface area contributed by atoms with Crippen LogP contribution in [0.1, 0.15) is 6.92 Å². The van der Waals surface area contributed by atoms with Crippen LogP contribution in [0.25, 0.3) is 0 Å². The second-order valence-electron chi connectivity index (χ2n) is 4.45. The third-order valence-electron chi connectivity index (χ3n) is 2.89. The molecule has 0 fully saturated rings. The van der Waals surface area contributed by atoms with Crippen LogP contribution in [0.15, 0.2) is 44.1 Å². The lowest BCUT2D eigenvalue weighted by Crippen LogP contribution is -2.41. The summed E-state index contributed by atoms with van der Waals surface area (Å²) in [5.41, 5.74) is 7.32. The zero-order valence-electron chi connectivity index (χ0n) is 12.2. The molecule has 1 unspecified atom stereocenters. The number of halogens is 1. The molecule has 1 aliphatic carbocycles. The summed E-state index contributed by atoms with van der Waals surface area (Å²) in [7, 11) is -1.84. The molecule has 0 radical (unpaired) electrons. The van der Waals surface area contributed by atoms with Crippen molar-refractivity contribution in [3.05, 3.63) is 33.7 Å². The van der Waals surface area contributed by atoms with E-state index < -0.39 is 15.8 Å². The number of sulfone groups is 1. The van der Waals surface area contributed by atoms with Crippen LogP contribution in [-0.2, 0) is 9.84 Å². The minimum absolute atomic E-state index is 0.0527. The summed E-state index contributed by atoms with van der Waals surface area (Å²) in [6.07, 6.45) is 5.87. The van der Waals surface area contributed by atoms with Crippen LogP contribution >= 0.6 is 23.8 Å². The lowest BCUT2D eigenvalue weighted by atomic mass is 10.0. The number of nitrogens with zero attached hydrogens (tertiary/aromatic N) is 2. The highest BCUT2D eigenvalue weighted by Gasteiger charge is 2.24. The fraction of sp³-hybridized carbons (Fsp3) is 0.333. The molecule has 22 heavy (non-hydrogen) atoms. The molecule has 0 saturated carbocycles. The normalized spacial score (nSPS) is 19.4. The number of hydrogen-bond acceptors (Lipinski definition) is 5. The monoisotopic (exact) mass is 361 g/mol. The molecule has 1 aliphatic rings. The Bertz CT molecular complexity index is 707. The topological polar surface area (TPSA) is 107 Å². The van der Waals surface area contributed by atoms with Crippen molar-refractivity contribution in [1.82, 2.24) is 10.6 Å². The maximum absolute atomic E-state index is 11.7. The lowest BCUT2D eigenvalue weighted by molar-refractivity contribution is 0.608. The quantitative estimate of drug-likeness (QED) is 0.234. The van der Waals surface area contributed by atoms with Gasteiger partial charge in [0.25, 0.3) is 0 Å². The molecule has 0 aliphatic heterocycles. The Morgan fingerprint density at radius 1 is 1.50 bits per heavy atom. The van der Waals surface area contributed by atoms with Gasteiger partial charge in [-0.2, -0.15) is 5.53 Å². The third kappa shape index (κ3) is 4.46. The van der Waals surface area contributed by atoms with Gasteiger partial charge in [-0.15, -0.1) is 0 Å². The van der Waals surface area contributed by atoms with Crippen LogP contribution < -0.4 is 10.6 Å². The highest BCUT2D eigenvalue weighted by Crippen LogP contribution is 2.31. The standard InChI is InChI=1S/C12H16ClN5O2S2/c1-7-8(11(21)16-12(15-2)17-18-14)5-4-6-9(10(7)13)22(3,19)20/h4-6,8H,1-3H3,(H3,14,15,16,17,21). The van der Waals surface area contributed by atoms with E-state index in [1.165, 1.54) is 6.08 Å². The second kappa shape index (κ2) is 7.61. The first-order valence-corrected chi connectivity index (χ1v) is 8.78.